The molecule has 0 spiro atoms. The van der Waals surface area contributed by atoms with Crippen molar-refractivity contribution in [2.45, 2.75) is 31.3 Å². The molecule has 1 fully saturated rings. The Kier molecular flexibility index (Phi) is 4.09. The molecule has 1 aliphatic carbocycles. The summed E-state index contributed by atoms with van der Waals surface area (Å²) < 4.78 is 23.0. The number of hydrogen-bond acceptors (Lipinski definition) is 3. The Morgan fingerprint density at radius 2 is 2.00 bits per heavy atom. The first-order valence-electron chi connectivity index (χ1n) is 4.59. The second-order valence-electron chi connectivity index (χ2n) is 3.50. The van der Waals surface area contributed by atoms with Crippen LogP contribution in [0.3, 0.4) is 0 Å². The molecule has 0 bridgehead atoms. The Balaban J connectivity index is 2.26. The highest BCUT2D eigenvalue weighted by atomic mass is 19.1. The highest BCUT2D eigenvalue weighted by Gasteiger charge is 2.34. The van der Waals surface area contributed by atoms with Crippen molar-refractivity contribution in [2.24, 2.45) is 0 Å². The number of nitrogens with zero attached hydrogens (tertiary/aromatic N) is 1. The van der Waals surface area contributed by atoms with Gasteiger partial charge < -0.3 is 9.47 Å². The lowest BCUT2D eigenvalue weighted by Crippen LogP contribution is -2.49. The molecule has 0 aromatic heterocycles. The van der Waals surface area contributed by atoms with E-state index in [9.17, 15) is 4.39 Å². The number of halogens is 1. The fourth-order valence-corrected chi connectivity index (χ4v) is 1.55. The minimum absolute atomic E-state index is 0.0628. The summed E-state index contributed by atoms with van der Waals surface area (Å²) in [6, 6.07) is 0.0628. The molecule has 4 heteroatoms. The van der Waals surface area contributed by atoms with Crippen molar-refractivity contribution in [3.63, 3.8) is 0 Å². The SMILES string of the molecule is COC(CN(C)C1CCC1F)OC. The maximum absolute atomic E-state index is 13.0. The summed E-state index contributed by atoms with van der Waals surface area (Å²) in [5.41, 5.74) is 0. The van der Waals surface area contributed by atoms with E-state index < -0.39 is 6.17 Å². The van der Waals surface area contributed by atoms with Gasteiger partial charge in [0.1, 0.15) is 6.17 Å². The van der Waals surface area contributed by atoms with Gasteiger partial charge in [-0.3, -0.25) is 4.90 Å². The first kappa shape index (κ1) is 10.9. The summed E-state index contributed by atoms with van der Waals surface area (Å²) in [6.45, 7) is 0.623. The first-order valence-corrected chi connectivity index (χ1v) is 4.59. The zero-order valence-electron chi connectivity index (χ0n) is 8.50. The largest absolute Gasteiger partial charge is 0.355 e. The lowest BCUT2D eigenvalue weighted by molar-refractivity contribution is -0.124. The number of likely N-dealkylation sites (N-methyl/N-ethyl adjacent to an activating group) is 1. The summed E-state index contributed by atoms with van der Waals surface area (Å²) in [5.74, 6) is 0. The zero-order chi connectivity index (χ0) is 9.84. The molecule has 0 aromatic carbocycles. The molecule has 2 unspecified atom stereocenters. The number of hydrogen-bond donors (Lipinski definition) is 0. The van der Waals surface area contributed by atoms with E-state index in [1.165, 1.54) is 0 Å². The molecule has 1 rings (SSSR count). The molecule has 0 radical (unpaired) electrons. The Morgan fingerprint density at radius 1 is 1.38 bits per heavy atom. The molecule has 0 heterocycles. The van der Waals surface area contributed by atoms with Crippen LogP contribution in [-0.2, 0) is 9.47 Å². The van der Waals surface area contributed by atoms with Crippen molar-refractivity contribution in [1.82, 2.24) is 4.90 Å². The molecule has 0 amide bonds. The molecule has 0 aliphatic heterocycles. The summed E-state index contributed by atoms with van der Waals surface area (Å²) in [5, 5.41) is 0. The van der Waals surface area contributed by atoms with Crippen molar-refractivity contribution >= 4 is 0 Å². The van der Waals surface area contributed by atoms with Gasteiger partial charge >= 0.3 is 0 Å². The minimum atomic E-state index is -0.667. The van der Waals surface area contributed by atoms with Gasteiger partial charge in [-0.25, -0.2) is 4.39 Å². The average Bonchev–Trinajstić information content (AvgIpc) is 2.11. The lowest BCUT2D eigenvalue weighted by atomic mass is 9.89. The molecule has 0 aromatic rings. The third-order valence-electron chi connectivity index (χ3n) is 2.68. The molecule has 2 atom stereocenters. The molecule has 78 valence electrons. The van der Waals surface area contributed by atoms with E-state index in [0.29, 0.717) is 13.0 Å². The van der Waals surface area contributed by atoms with Crippen LogP contribution in [0.25, 0.3) is 0 Å². The van der Waals surface area contributed by atoms with Crippen molar-refractivity contribution in [2.75, 3.05) is 27.8 Å². The van der Waals surface area contributed by atoms with Crippen molar-refractivity contribution in [3.05, 3.63) is 0 Å². The monoisotopic (exact) mass is 191 g/mol. The van der Waals surface area contributed by atoms with E-state index in [4.69, 9.17) is 9.47 Å². The molecule has 1 saturated carbocycles. The van der Waals surface area contributed by atoms with E-state index in [1.54, 1.807) is 14.2 Å². The number of methoxy groups -OCH3 is 2. The van der Waals surface area contributed by atoms with Gasteiger partial charge in [0.05, 0.1) is 0 Å². The topological polar surface area (TPSA) is 21.7 Å². The molecule has 3 nitrogen and oxygen atoms in total. The van der Waals surface area contributed by atoms with Gasteiger partial charge in [0, 0.05) is 26.8 Å². The number of alkyl halides is 1. The quantitative estimate of drug-likeness (QED) is 0.606. The predicted molar refractivity (Wildman–Crippen MR) is 48.4 cm³/mol. The standard InChI is InChI=1S/C9H18FNO2/c1-11(6-9(12-2)13-3)8-5-4-7(8)10/h7-9H,4-6H2,1-3H3. The highest BCUT2D eigenvalue weighted by molar-refractivity contribution is 4.87. The second-order valence-corrected chi connectivity index (χ2v) is 3.50. The summed E-state index contributed by atoms with van der Waals surface area (Å²) >= 11 is 0. The number of ether oxygens (including phenoxy) is 2. The minimum Gasteiger partial charge on any atom is -0.355 e. The molecular formula is C9H18FNO2. The fraction of sp³-hybridized carbons (Fsp3) is 1.00. The van der Waals surface area contributed by atoms with Crippen LogP contribution in [-0.4, -0.2) is 51.2 Å². The van der Waals surface area contributed by atoms with Crippen molar-refractivity contribution in [1.29, 1.82) is 0 Å². The summed E-state index contributed by atoms with van der Waals surface area (Å²) in [7, 11) is 5.09. The molecular weight excluding hydrogens is 173 g/mol. The van der Waals surface area contributed by atoms with Crippen molar-refractivity contribution < 1.29 is 13.9 Å². The van der Waals surface area contributed by atoms with Gasteiger partial charge in [0.25, 0.3) is 0 Å². The summed E-state index contributed by atoms with van der Waals surface area (Å²) in [4.78, 5) is 1.96. The van der Waals surface area contributed by atoms with Crippen LogP contribution in [0.4, 0.5) is 4.39 Å². The van der Waals surface area contributed by atoms with Crippen LogP contribution in [0, 0.1) is 0 Å². The zero-order valence-corrected chi connectivity index (χ0v) is 8.50. The maximum Gasteiger partial charge on any atom is 0.169 e. The van der Waals surface area contributed by atoms with E-state index in [0.717, 1.165) is 6.42 Å². The van der Waals surface area contributed by atoms with E-state index >= 15 is 0 Å². The van der Waals surface area contributed by atoms with E-state index in [-0.39, 0.29) is 12.3 Å². The smallest absolute Gasteiger partial charge is 0.169 e. The van der Waals surface area contributed by atoms with Gasteiger partial charge in [-0.05, 0) is 19.9 Å². The van der Waals surface area contributed by atoms with E-state index in [2.05, 4.69) is 0 Å². The maximum atomic E-state index is 13.0. The molecule has 0 N–H and O–H groups in total. The van der Waals surface area contributed by atoms with Gasteiger partial charge in [-0.15, -0.1) is 0 Å². The van der Waals surface area contributed by atoms with Gasteiger partial charge in [0.15, 0.2) is 6.29 Å². The highest BCUT2D eigenvalue weighted by Crippen LogP contribution is 2.27. The fourth-order valence-electron chi connectivity index (χ4n) is 1.55. The van der Waals surface area contributed by atoms with Gasteiger partial charge in [-0.1, -0.05) is 0 Å². The van der Waals surface area contributed by atoms with Crippen LogP contribution in [0.5, 0.6) is 0 Å². The molecule has 1 aliphatic rings. The van der Waals surface area contributed by atoms with Crippen molar-refractivity contribution in [3.8, 4) is 0 Å². The predicted octanol–water partition coefficient (Wildman–Crippen LogP) is 1.04. The first-order chi connectivity index (χ1) is 6.19. The lowest BCUT2D eigenvalue weighted by Gasteiger charge is -2.38. The third-order valence-corrected chi connectivity index (χ3v) is 2.68. The van der Waals surface area contributed by atoms with E-state index in [1.807, 2.05) is 11.9 Å². The number of rotatable bonds is 5. The normalized spacial score (nSPS) is 28.2. The second kappa shape index (κ2) is 4.88. The van der Waals surface area contributed by atoms with Crippen LogP contribution in [0.1, 0.15) is 12.8 Å². The van der Waals surface area contributed by atoms with Gasteiger partial charge in [0.2, 0.25) is 0 Å². The Morgan fingerprint density at radius 3 is 2.31 bits per heavy atom. The Hall–Kier alpha value is -0.190. The summed E-state index contributed by atoms with van der Waals surface area (Å²) in [6.07, 6.45) is 0.717. The van der Waals surface area contributed by atoms with Crippen LogP contribution in [0.2, 0.25) is 0 Å². The molecule has 13 heavy (non-hydrogen) atoms. The van der Waals surface area contributed by atoms with Crippen LogP contribution in [0.15, 0.2) is 0 Å². The average molecular weight is 191 g/mol. The molecule has 0 saturated heterocycles. The third kappa shape index (κ3) is 2.62. The van der Waals surface area contributed by atoms with Crippen LogP contribution < -0.4 is 0 Å². The Bertz CT molecular complexity index is 153. The van der Waals surface area contributed by atoms with Gasteiger partial charge in [-0.2, -0.15) is 0 Å². The Labute approximate surface area is 78.8 Å². The van der Waals surface area contributed by atoms with Crippen LogP contribution >= 0.6 is 0 Å².